The van der Waals surface area contributed by atoms with E-state index in [1.807, 2.05) is 11.9 Å². The van der Waals surface area contributed by atoms with Crippen LogP contribution in [0.25, 0.3) is 0 Å². The Balaban J connectivity index is 1.75. The Labute approximate surface area is 142 Å². The minimum Gasteiger partial charge on any atom is -0.497 e. The molecule has 2 aliphatic rings. The van der Waals surface area contributed by atoms with Crippen LogP contribution in [0.4, 0.5) is 0 Å². The summed E-state index contributed by atoms with van der Waals surface area (Å²) in [6.07, 6.45) is 0.690. The first-order valence-electron chi connectivity index (χ1n) is 7.96. The molecular formula is C16H23N3O4S. The molecule has 3 rings (SSSR count). The molecule has 2 fully saturated rings. The number of methoxy groups -OCH3 is 1. The maximum atomic E-state index is 12.8. The highest BCUT2D eigenvalue weighted by Gasteiger charge is 2.49. The maximum absolute atomic E-state index is 12.8. The largest absolute Gasteiger partial charge is 0.497 e. The summed E-state index contributed by atoms with van der Waals surface area (Å²) >= 11 is 0. The molecule has 1 aromatic carbocycles. The Kier molecular flexibility index (Phi) is 4.54. The average molecular weight is 353 g/mol. The van der Waals surface area contributed by atoms with Crippen molar-refractivity contribution in [1.29, 1.82) is 0 Å². The molecule has 132 valence electrons. The normalized spacial score (nSPS) is 27.9. The Morgan fingerprint density at radius 1 is 1.25 bits per heavy atom. The summed E-state index contributed by atoms with van der Waals surface area (Å²) in [7, 11) is 1.55. The third-order valence-corrected chi connectivity index (χ3v) is 7.01. The predicted octanol–water partition coefficient (Wildman–Crippen LogP) is 0.134. The van der Waals surface area contributed by atoms with Crippen molar-refractivity contribution in [3.05, 3.63) is 24.3 Å². The Bertz CT molecular complexity index is 719. The van der Waals surface area contributed by atoms with Crippen molar-refractivity contribution in [2.24, 2.45) is 5.92 Å². The second kappa shape index (κ2) is 6.34. The molecule has 3 atom stereocenters. The van der Waals surface area contributed by atoms with E-state index in [9.17, 15) is 13.2 Å². The molecule has 0 bridgehead atoms. The number of amides is 1. The summed E-state index contributed by atoms with van der Waals surface area (Å²) < 4.78 is 32.3. The highest BCUT2D eigenvalue weighted by Crippen LogP contribution is 2.37. The fourth-order valence-electron chi connectivity index (χ4n) is 3.74. The zero-order valence-corrected chi connectivity index (χ0v) is 14.9. The molecule has 2 heterocycles. The Hall–Kier alpha value is -1.64. The third-order valence-electron chi connectivity index (χ3n) is 5.16. The summed E-state index contributed by atoms with van der Waals surface area (Å²) in [5, 5.41) is 2.68. The fourth-order valence-corrected chi connectivity index (χ4v) is 5.26. The molecule has 0 radical (unpaired) electrons. The lowest BCUT2D eigenvalue weighted by molar-refractivity contribution is -0.125. The third kappa shape index (κ3) is 2.78. The first kappa shape index (κ1) is 17.2. The summed E-state index contributed by atoms with van der Waals surface area (Å²) in [5.41, 5.74) is 0. The van der Waals surface area contributed by atoms with E-state index in [0.717, 1.165) is 0 Å². The first-order valence-corrected chi connectivity index (χ1v) is 9.40. The van der Waals surface area contributed by atoms with Gasteiger partial charge in [0.2, 0.25) is 15.9 Å². The number of likely N-dealkylation sites (N-methyl/N-ethyl adjacent to an activating group) is 2. The van der Waals surface area contributed by atoms with Gasteiger partial charge in [-0.25, -0.2) is 8.42 Å². The molecule has 0 aromatic heterocycles. The smallest absolute Gasteiger partial charge is 0.243 e. The molecule has 0 spiro atoms. The van der Waals surface area contributed by atoms with Gasteiger partial charge >= 0.3 is 0 Å². The maximum Gasteiger partial charge on any atom is 0.243 e. The molecule has 0 saturated carbocycles. The van der Waals surface area contributed by atoms with Crippen LogP contribution in [0.5, 0.6) is 5.75 Å². The molecule has 8 heteroatoms. The molecule has 1 amide bonds. The van der Waals surface area contributed by atoms with Gasteiger partial charge in [-0.05, 0) is 43.7 Å². The number of likely N-dealkylation sites (tertiary alicyclic amines) is 1. The fraction of sp³-hybridized carbons (Fsp3) is 0.562. The van der Waals surface area contributed by atoms with Crippen molar-refractivity contribution in [3.8, 4) is 5.75 Å². The van der Waals surface area contributed by atoms with Crippen molar-refractivity contribution in [2.75, 3.05) is 34.3 Å². The summed E-state index contributed by atoms with van der Waals surface area (Å²) in [6.45, 7) is 0.875. The highest BCUT2D eigenvalue weighted by molar-refractivity contribution is 7.89. The number of ether oxygens (including phenoxy) is 1. The summed E-state index contributed by atoms with van der Waals surface area (Å²) in [6, 6.07) is 6.35. The van der Waals surface area contributed by atoms with Crippen LogP contribution in [0.1, 0.15) is 6.42 Å². The van der Waals surface area contributed by atoms with Crippen molar-refractivity contribution in [2.45, 2.75) is 23.4 Å². The molecule has 24 heavy (non-hydrogen) atoms. The van der Waals surface area contributed by atoms with Crippen molar-refractivity contribution < 1.29 is 17.9 Å². The van der Waals surface area contributed by atoms with Gasteiger partial charge in [0.15, 0.2) is 0 Å². The number of nitrogens with zero attached hydrogens (tertiary/aromatic N) is 2. The van der Waals surface area contributed by atoms with Gasteiger partial charge in [-0.3, -0.25) is 9.69 Å². The van der Waals surface area contributed by atoms with Gasteiger partial charge in [0.1, 0.15) is 5.75 Å². The molecule has 1 N–H and O–H groups in total. The van der Waals surface area contributed by atoms with Gasteiger partial charge in [0, 0.05) is 26.2 Å². The second-order valence-electron chi connectivity index (χ2n) is 6.36. The van der Waals surface area contributed by atoms with Gasteiger partial charge in [-0.2, -0.15) is 4.31 Å². The van der Waals surface area contributed by atoms with Crippen LogP contribution in [0.15, 0.2) is 29.2 Å². The van der Waals surface area contributed by atoms with E-state index in [1.165, 1.54) is 4.31 Å². The predicted molar refractivity (Wildman–Crippen MR) is 89.3 cm³/mol. The van der Waals surface area contributed by atoms with Gasteiger partial charge in [0.05, 0.1) is 18.0 Å². The van der Waals surface area contributed by atoms with E-state index in [4.69, 9.17) is 4.74 Å². The number of fused-ring (bicyclic) bond motifs is 1. The van der Waals surface area contributed by atoms with Gasteiger partial charge in [0.25, 0.3) is 0 Å². The minimum absolute atomic E-state index is 0.00328. The van der Waals surface area contributed by atoms with Crippen LogP contribution in [-0.2, 0) is 14.8 Å². The number of hydrogen-bond acceptors (Lipinski definition) is 5. The van der Waals surface area contributed by atoms with Gasteiger partial charge in [-0.15, -0.1) is 0 Å². The van der Waals surface area contributed by atoms with Crippen molar-refractivity contribution >= 4 is 15.9 Å². The standard InChI is InChI=1S/C16H23N3O4S/c1-17-16(20)14-8-11-9-19(10-15(11)18(14)2)24(21,22)13-6-4-12(23-3)5-7-13/h4-7,11,14-15H,8-10H2,1-3H3,(H,17,20)/t11-,14-,15+/m0/s1. The average Bonchev–Trinajstić information content (AvgIpc) is 3.14. The van der Waals surface area contributed by atoms with Crippen LogP contribution < -0.4 is 10.1 Å². The topological polar surface area (TPSA) is 79.0 Å². The van der Waals surface area contributed by atoms with Gasteiger partial charge < -0.3 is 10.1 Å². The van der Waals surface area contributed by atoms with Crippen LogP contribution >= 0.6 is 0 Å². The summed E-state index contributed by atoms with van der Waals surface area (Å²) in [5.74, 6) is 0.808. The molecule has 2 saturated heterocycles. The lowest BCUT2D eigenvalue weighted by atomic mass is 10.0. The molecule has 0 aliphatic carbocycles. The number of nitrogens with one attached hydrogen (secondary N) is 1. The second-order valence-corrected chi connectivity index (χ2v) is 8.29. The Morgan fingerprint density at radius 2 is 1.92 bits per heavy atom. The first-order chi connectivity index (χ1) is 11.4. The van der Waals surface area contributed by atoms with Crippen LogP contribution in [0, 0.1) is 5.92 Å². The minimum atomic E-state index is -3.52. The number of rotatable bonds is 4. The van der Waals surface area contributed by atoms with E-state index in [-0.39, 0.29) is 28.8 Å². The van der Waals surface area contributed by atoms with Crippen LogP contribution in [0.3, 0.4) is 0 Å². The van der Waals surface area contributed by atoms with Crippen molar-refractivity contribution in [1.82, 2.24) is 14.5 Å². The monoisotopic (exact) mass is 353 g/mol. The number of hydrogen-bond donors (Lipinski definition) is 1. The van der Waals surface area contributed by atoms with Gasteiger partial charge in [-0.1, -0.05) is 0 Å². The Morgan fingerprint density at radius 3 is 2.46 bits per heavy atom. The summed E-state index contributed by atoms with van der Waals surface area (Å²) in [4.78, 5) is 14.2. The molecule has 0 unspecified atom stereocenters. The van der Waals surface area contributed by atoms with Crippen molar-refractivity contribution in [3.63, 3.8) is 0 Å². The zero-order valence-electron chi connectivity index (χ0n) is 14.1. The molecular weight excluding hydrogens is 330 g/mol. The van der Waals surface area contributed by atoms with E-state index in [2.05, 4.69) is 5.32 Å². The van der Waals surface area contributed by atoms with Crippen LogP contribution in [-0.4, -0.2) is 69.9 Å². The quantitative estimate of drug-likeness (QED) is 0.833. The number of carbonyl (C=O) groups is 1. The van der Waals surface area contributed by atoms with E-state index in [0.29, 0.717) is 25.3 Å². The highest BCUT2D eigenvalue weighted by atomic mass is 32.2. The van der Waals surface area contributed by atoms with E-state index < -0.39 is 10.0 Å². The zero-order chi connectivity index (χ0) is 17.5. The number of carbonyl (C=O) groups excluding carboxylic acids is 1. The van der Waals surface area contributed by atoms with E-state index in [1.54, 1.807) is 38.4 Å². The lowest BCUT2D eigenvalue weighted by Gasteiger charge is -2.25. The lowest BCUT2D eigenvalue weighted by Crippen LogP contribution is -2.45. The molecule has 7 nitrogen and oxygen atoms in total. The number of sulfonamides is 1. The molecule has 1 aromatic rings. The van der Waals surface area contributed by atoms with Crippen LogP contribution in [0.2, 0.25) is 0 Å². The number of benzene rings is 1. The molecule has 2 aliphatic heterocycles. The SMILES string of the molecule is CNC(=O)[C@@H]1C[C@H]2CN(S(=O)(=O)c3ccc(OC)cc3)C[C@H]2N1C. The van der Waals surface area contributed by atoms with E-state index >= 15 is 0 Å².